The summed E-state index contributed by atoms with van der Waals surface area (Å²) in [5.74, 6) is 2.78. The van der Waals surface area contributed by atoms with E-state index >= 15 is 0 Å². The van der Waals surface area contributed by atoms with Gasteiger partial charge in [-0.25, -0.2) is 9.97 Å². The Labute approximate surface area is 154 Å². The SMILES string of the molecule is CC1(C)CC(=O)c2cnc(NC(=O)C34CC5CC(CC(C5)C3)C4)nc2C1. The third-order valence-electron chi connectivity index (χ3n) is 7.20. The number of carbonyl (C=O) groups excluding carboxylic acids is 2. The number of nitrogens with zero attached hydrogens (tertiary/aromatic N) is 2. The lowest BCUT2D eigenvalue weighted by molar-refractivity contribution is -0.140. The number of carbonyl (C=O) groups is 2. The molecule has 4 bridgehead atoms. The lowest BCUT2D eigenvalue weighted by Crippen LogP contribution is -2.52. The largest absolute Gasteiger partial charge is 0.294 e. The van der Waals surface area contributed by atoms with Crippen LogP contribution < -0.4 is 5.32 Å². The van der Waals surface area contributed by atoms with Gasteiger partial charge in [0.25, 0.3) is 0 Å². The maximum absolute atomic E-state index is 13.2. The van der Waals surface area contributed by atoms with Crippen molar-refractivity contribution in [3.05, 3.63) is 17.5 Å². The maximum Gasteiger partial charge on any atom is 0.232 e. The molecule has 4 saturated carbocycles. The molecule has 0 radical (unpaired) electrons. The lowest BCUT2D eigenvalue weighted by Gasteiger charge is -2.55. The highest BCUT2D eigenvalue weighted by Gasteiger charge is 2.54. The van der Waals surface area contributed by atoms with Gasteiger partial charge in [0, 0.05) is 12.6 Å². The smallest absolute Gasteiger partial charge is 0.232 e. The Bertz CT molecular complexity index is 763. The van der Waals surface area contributed by atoms with Crippen molar-refractivity contribution < 1.29 is 9.59 Å². The van der Waals surface area contributed by atoms with Crippen LogP contribution in [0.5, 0.6) is 0 Å². The fourth-order valence-corrected chi connectivity index (χ4v) is 6.51. The van der Waals surface area contributed by atoms with Gasteiger partial charge in [-0.3, -0.25) is 14.9 Å². The number of amides is 1. The summed E-state index contributed by atoms with van der Waals surface area (Å²) in [6, 6.07) is 0. The summed E-state index contributed by atoms with van der Waals surface area (Å²) in [6.07, 6.45) is 9.93. The number of rotatable bonds is 2. The summed E-state index contributed by atoms with van der Waals surface area (Å²) < 4.78 is 0. The van der Waals surface area contributed by atoms with Gasteiger partial charge in [0.15, 0.2) is 5.78 Å². The predicted octanol–water partition coefficient (Wildman–Crippen LogP) is 3.79. The summed E-state index contributed by atoms with van der Waals surface area (Å²) in [5, 5.41) is 3.02. The summed E-state index contributed by atoms with van der Waals surface area (Å²) >= 11 is 0. The second kappa shape index (κ2) is 5.37. The molecule has 0 aliphatic heterocycles. The minimum absolute atomic E-state index is 0.0837. The fourth-order valence-electron chi connectivity index (χ4n) is 6.51. The molecule has 1 amide bonds. The molecule has 5 aliphatic rings. The zero-order valence-corrected chi connectivity index (χ0v) is 15.7. The van der Waals surface area contributed by atoms with Gasteiger partial charge in [0.1, 0.15) is 0 Å². The van der Waals surface area contributed by atoms with E-state index in [2.05, 4.69) is 29.1 Å². The van der Waals surface area contributed by atoms with Crippen LogP contribution in [0.25, 0.3) is 0 Å². The van der Waals surface area contributed by atoms with E-state index in [0.717, 1.165) is 49.1 Å². The van der Waals surface area contributed by atoms with Crippen molar-refractivity contribution in [2.24, 2.45) is 28.6 Å². The molecule has 0 unspecified atom stereocenters. The summed E-state index contributed by atoms with van der Waals surface area (Å²) in [5.41, 5.74) is 1.11. The van der Waals surface area contributed by atoms with Crippen LogP contribution in [0.2, 0.25) is 0 Å². The number of nitrogens with one attached hydrogen (secondary N) is 1. The fraction of sp³-hybridized carbons (Fsp3) is 0.714. The van der Waals surface area contributed by atoms with Crippen molar-refractivity contribution in [1.29, 1.82) is 0 Å². The van der Waals surface area contributed by atoms with E-state index in [-0.39, 0.29) is 22.5 Å². The van der Waals surface area contributed by atoms with Crippen LogP contribution in [0.15, 0.2) is 6.20 Å². The Balaban J connectivity index is 1.39. The van der Waals surface area contributed by atoms with E-state index in [1.54, 1.807) is 6.20 Å². The maximum atomic E-state index is 13.2. The van der Waals surface area contributed by atoms with E-state index < -0.39 is 0 Å². The van der Waals surface area contributed by atoms with E-state index in [1.165, 1.54) is 19.3 Å². The highest BCUT2D eigenvalue weighted by atomic mass is 16.2. The van der Waals surface area contributed by atoms with Gasteiger partial charge in [0.2, 0.25) is 11.9 Å². The number of anilines is 1. The summed E-state index contributed by atoms with van der Waals surface area (Å²) in [4.78, 5) is 34.3. The normalized spacial score (nSPS) is 36.7. The van der Waals surface area contributed by atoms with Gasteiger partial charge < -0.3 is 0 Å². The zero-order chi connectivity index (χ0) is 18.1. The Morgan fingerprint density at radius 2 is 1.69 bits per heavy atom. The first-order chi connectivity index (χ1) is 12.3. The van der Waals surface area contributed by atoms with E-state index in [9.17, 15) is 9.59 Å². The number of Topliss-reactive ketones (excluding diaryl/α,β-unsaturated/α-hetero) is 1. The Kier molecular flexibility index (Phi) is 3.38. The van der Waals surface area contributed by atoms with Crippen molar-refractivity contribution in [2.75, 3.05) is 5.32 Å². The molecule has 5 nitrogen and oxygen atoms in total. The number of ketones is 1. The van der Waals surface area contributed by atoms with E-state index in [1.807, 2.05) is 0 Å². The van der Waals surface area contributed by atoms with Crippen LogP contribution in [0, 0.1) is 28.6 Å². The first-order valence-corrected chi connectivity index (χ1v) is 10.0. The van der Waals surface area contributed by atoms with Crippen molar-refractivity contribution in [3.8, 4) is 0 Å². The third-order valence-corrected chi connectivity index (χ3v) is 7.20. The molecule has 0 atom stereocenters. The standard InChI is InChI=1S/C21H27N3O2/c1-20(2)9-16-15(17(25)10-20)11-22-19(23-16)24-18(26)21-6-12-3-13(7-21)5-14(4-12)8-21/h11-14H,3-10H2,1-2H3,(H,22,23,24,26). The molecule has 138 valence electrons. The minimum atomic E-state index is -0.205. The van der Waals surface area contributed by atoms with Crippen molar-refractivity contribution in [2.45, 2.75) is 65.2 Å². The lowest BCUT2D eigenvalue weighted by atomic mass is 9.49. The van der Waals surface area contributed by atoms with Crippen LogP contribution in [0.1, 0.15) is 74.8 Å². The predicted molar refractivity (Wildman–Crippen MR) is 97.7 cm³/mol. The highest BCUT2D eigenvalue weighted by Crippen LogP contribution is 2.60. The summed E-state index contributed by atoms with van der Waals surface area (Å²) in [7, 11) is 0. The van der Waals surface area contributed by atoms with Crippen LogP contribution in [-0.4, -0.2) is 21.7 Å². The van der Waals surface area contributed by atoms with Crippen LogP contribution >= 0.6 is 0 Å². The highest BCUT2D eigenvalue weighted by molar-refractivity contribution is 5.99. The van der Waals surface area contributed by atoms with E-state index in [4.69, 9.17) is 0 Å². The Morgan fingerprint density at radius 3 is 2.31 bits per heavy atom. The molecule has 0 spiro atoms. The first-order valence-electron chi connectivity index (χ1n) is 10.0. The average molecular weight is 353 g/mol. The van der Waals surface area contributed by atoms with Crippen molar-refractivity contribution in [3.63, 3.8) is 0 Å². The van der Waals surface area contributed by atoms with Gasteiger partial charge in [0.05, 0.1) is 16.7 Å². The molecule has 1 aromatic heterocycles. The van der Waals surface area contributed by atoms with Crippen molar-refractivity contribution >= 4 is 17.6 Å². The van der Waals surface area contributed by atoms with Crippen LogP contribution in [0.3, 0.4) is 0 Å². The van der Waals surface area contributed by atoms with E-state index in [0.29, 0.717) is 17.9 Å². The van der Waals surface area contributed by atoms with Crippen LogP contribution in [0.4, 0.5) is 5.95 Å². The average Bonchev–Trinajstić information content (AvgIpc) is 2.52. The number of hydrogen-bond acceptors (Lipinski definition) is 4. The third kappa shape index (κ3) is 2.58. The molecule has 4 fully saturated rings. The van der Waals surface area contributed by atoms with Gasteiger partial charge in [-0.05, 0) is 68.1 Å². The molecule has 1 aromatic rings. The Morgan fingerprint density at radius 1 is 1.08 bits per heavy atom. The van der Waals surface area contributed by atoms with Crippen LogP contribution in [-0.2, 0) is 11.2 Å². The van der Waals surface area contributed by atoms with Gasteiger partial charge >= 0.3 is 0 Å². The number of aromatic nitrogens is 2. The van der Waals surface area contributed by atoms with Gasteiger partial charge in [-0.2, -0.15) is 0 Å². The molecule has 0 aromatic carbocycles. The number of hydrogen-bond donors (Lipinski definition) is 1. The van der Waals surface area contributed by atoms with Gasteiger partial charge in [-0.15, -0.1) is 0 Å². The molecule has 0 saturated heterocycles. The Hall–Kier alpha value is -1.78. The number of fused-ring (bicyclic) bond motifs is 1. The second-order valence-electron chi connectivity index (χ2n) is 10.1. The summed E-state index contributed by atoms with van der Waals surface area (Å²) in [6.45, 7) is 4.17. The molecular formula is C21H27N3O2. The quantitative estimate of drug-likeness (QED) is 0.878. The van der Waals surface area contributed by atoms with Crippen molar-refractivity contribution in [1.82, 2.24) is 9.97 Å². The monoisotopic (exact) mass is 353 g/mol. The first kappa shape index (κ1) is 16.4. The second-order valence-corrected chi connectivity index (χ2v) is 10.1. The molecule has 1 heterocycles. The molecule has 5 heteroatoms. The van der Waals surface area contributed by atoms with Gasteiger partial charge in [-0.1, -0.05) is 13.8 Å². The molecule has 26 heavy (non-hydrogen) atoms. The zero-order valence-electron chi connectivity index (χ0n) is 15.7. The molecule has 6 rings (SSSR count). The molecule has 1 N–H and O–H groups in total. The molecule has 5 aliphatic carbocycles. The molecular weight excluding hydrogens is 326 g/mol. The minimum Gasteiger partial charge on any atom is -0.294 e. The topological polar surface area (TPSA) is 72.0 Å².